The number of H-pyrrole nitrogens is 1. The van der Waals surface area contributed by atoms with Gasteiger partial charge in [-0.25, -0.2) is 4.98 Å². The molecule has 1 saturated heterocycles. The zero-order valence-electron chi connectivity index (χ0n) is 10.6. The summed E-state index contributed by atoms with van der Waals surface area (Å²) < 4.78 is 0. The minimum atomic E-state index is 0.221. The van der Waals surface area contributed by atoms with Gasteiger partial charge < -0.3 is 15.2 Å². The third-order valence-electron chi connectivity index (χ3n) is 3.29. The molecule has 1 fully saturated rings. The van der Waals surface area contributed by atoms with Crippen LogP contribution in [0.4, 0.5) is 11.4 Å². The van der Waals surface area contributed by atoms with E-state index < -0.39 is 0 Å². The molecule has 0 atom stereocenters. The number of hydrogen-bond donors (Lipinski definition) is 2. The zero-order valence-corrected chi connectivity index (χ0v) is 10.6. The van der Waals surface area contributed by atoms with Gasteiger partial charge in [0.05, 0.1) is 18.6 Å². The van der Waals surface area contributed by atoms with Crippen LogP contribution < -0.4 is 10.2 Å². The molecule has 98 valence electrons. The van der Waals surface area contributed by atoms with Gasteiger partial charge in [0.15, 0.2) is 0 Å². The molecule has 5 heteroatoms. The first-order valence-electron chi connectivity index (χ1n) is 6.44. The van der Waals surface area contributed by atoms with Crippen LogP contribution in [0.3, 0.4) is 0 Å². The Kier molecular flexibility index (Phi) is 3.18. The quantitative estimate of drug-likeness (QED) is 0.881. The largest absolute Gasteiger partial charge is 0.379 e. The van der Waals surface area contributed by atoms with Gasteiger partial charge in [-0.15, -0.1) is 0 Å². The summed E-state index contributed by atoms with van der Waals surface area (Å²) in [6.07, 6.45) is 5.09. The predicted octanol–water partition coefficient (Wildman–Crippen LogP) is 2.15. The smallest absolute Gasteiger partial charge is 0.227 e. The molecule has 0 aliphatic carbocycles. The summed E-state index contributed by atoms with van der Waals surface area (Å²) in [7, 11) is 0. The molecule has 1 aliphatic rings. The molecule has 5 nitrogen and oxygen atoms in total. The highest BCUT2D eigenvalue weighted by molar-refractivity contribution is 5.95. The lowest BCUT2D eigenvalue weighted by Crippen LogP contribution is -2.23. The fourth-order valence-electron chi connectivity index (χ4n) is 2.26. The van der Waals surface area contributed by atoms with Crippen molar-refractivity contribution in [2.45, 2.75) is 19.4 Å². The Bertz CT molecular complexity index is 547. The van der Waals surface area contributed by atoms with Gasteiger partial charge in [-0.2, -0.15) is 0 Å². The molecule has 1 aromatic carbocycles. The van der Waals surface area contributed by atoms with Crippen molar-refractivity contribution in [3.8, 4) is 0 Å². The second-order valence-electron chi connectivity index (χ2n) is 4.63. The topological polar surface area (TPSA) is 61.0 Å². The van der Waals surface area contributed by atoms with E-state index in [1.54, 1.807) is 12.5 Å². The van der Waals surface area contributed by atoms with Crippen LogP contribution in [0, 0.1) is 0 Å². The first kappa shape index (κ1) is 11.8. The number of benzene rings is 1. The average Bonchev–Trinajstić information content (AvgIpc) is 3.08. The summed E-state index contributed by atoms with van der Waals surface area (Å²) in [5.41, 5.74) is 3.05. The zero-order chi connectivity index (χ0) is 13.1. The number of carbonyl (C=O) groups excluding carboxylic acids is 1. The highest BCUT2D eigenvalue weighted by Crippen LogP contribution is 2.23. The Labute approximate surface area is 111 Å². The third kappa shape index (κ3) is 2.59. The van der Waals surface area contributed by atoms with Crippen molar-refractivity contribution >= 4 is 17.3 Å². The molecule has 0 saturated carbocycles. The molecule has 1 amide bonds. The van der Waals surface area contributed by atoms with E-state index in [2.05, 4.69) is 15.3 Å². The van der Waals surface area contributed by atoms with Gasteiger partial charge in [0, 0.05) is 30.5 Å². The summed E-state index contributed by atoms with van der Waals surface area (Å²) in [4.78, 5) is 20.5. The van der Waals surface area contributed by atoms with Gasteiger partial charge in [0.1, 0.15) is 0 Å². The highest BCUT2D eigenvalue weighted by Gasteiger charge is 2.21. The van der Waals surface area contributed by atoms with E-state index in [1.807, 2.05) is 29.2 Å². The number of anilines is 2. The number of nitrogens with one attached hydrogen (secondary N) is 2. The highest BCUT2D eigenvalue weighted by atomic mass is 16.2. The Morgan fingerprint density at radius 2 is 2.16 bits per heavy atom. The second kappa shape index (κ2) is 5.14. The molecule has 2 aromatic rings. The van der Waals surface area contributed by atoms with Crippen molar-refractivity contribution < 1.29 is 4.79 Å². The van der Waals surface area contributed by atoms with Crippen LogP contribution in [0.2, 0.25) is 0 Å². The molecule has 1 aliphatic heterocycles. The standard InChI is InChI=1S/C14H16N4O/c19-14-2-1-7-18(14)13-5-3-11(4-6-13)16-9-12-8-15-10-17-12/h3-6,8,10,16H,1-2,7,9H2,(H,15,17). The summed E-state index contributed by atoms with van der Waals surface area (Å²) in [5, 5.41) is 3.30. The van der Waals surface area contributed by atoms with Crippen LogP contribution >= 0.6 is 0 Å². The fraction of sp³-hybridized carbons (Fsp3) is 0.286. The molecular weight excluding hydrogens is 240 g/mol. The fourth-order valence-corrected chi connectivity index (χ4v) is 2.26. The number of imidazole rings is 1. The number of rotatable bonds is 4. The van der Waals surface area contributed by atoms with Gasteiger partial charge >= 0.3 is 0 Å². The Balaban J connectivity index is 1.64. The lowest BCUT2D eigenvalue weighted by molar-refractivity contribution is -0.117. The van der Waals surface area contributed by atoms with E-state index >= 15 is 0 Å². The summed E-state index contributed by atoms with van der Waals surface area (Å²) in [6.45, 7) is 1.54. The summed E-state index contributed by atoms with van der Waals surface area (Å²) in [6, 6.07) is 7.96. The van der Waals surface area contributed by atoms with Crippen LogP contribution in [0.15, 0.2) is 36.8 Å². The molecular formula is C14H16N4O. The van der Waals surface area contributed by atoms with Crippen molar-refractivity contribution in [1.82, 2.24) is 9.97 Å². The molecule has 2 N–H and O–H groups in total. The van der Waals surface area contributed by atoms with E-state index in [-0.39, 0.29) is 5.91 Å². The van der Waals surface area contributed by atoms with Crippen molar-refractivity contribution in [2.24, 2.45) is 0 Å². The van der Waals surface area contributed by atoms with Crippen LogP contribution in [0.1, 0.15) is 18.5 Å². The van der Waals surface area contributed by atoms with Crippen molar-refractivity contribution in [3.05, 3.63) is 42.5 Å². The summed E-state index contributed by atoms with van der Waals surface area (Å²) >= 11 is 0. The van der Waals surface area contributed by atoms with E-state index in [1.165, 1.54) is 0 Å². The lowest BCUT2D eigenvalue weighted by atomic mass is 10.2. The molecule has 3 rings (SSSR count). The maximum Gasteiger partial charge on any atom is 0.227 e. The minimum Gasteiger partial charge on any atom is -0.379 e. The van der Waals surface area contributed by atoms with Gasteiger partial charge in [-0.1, -0.05) is 0 Å². The predicted molar refractivity (Wildman–Crippen MR) is 73.9 cm³/mol. The molecule has 1 aromatic heterocycles. The number of nitrogens with zero attached hydrogens (tertiary/aromatic N) is 2. The molecule has 2 heterocycles. The van der Waals surface area contributed by atoms with Crippen molar-refractivity contribution in [2.75, 3.05) is 16.8 Å². The number of aromatic nitrogens is 2. The number of hydrogen-bond acceptors (Lipinski definition) is 3. The molecule has 0 unspecified atom stereocenters. The van der Waals surface area contributed by atoms with Crippen LogP contribution in [0.5, 0.6) is 0 Å². The van der Waals surface area contributed by atoms with E-state index in [4.69, 9.17) is 0 Å². The van der Waals surface area contributed by atoms with E-state index in [0.29, 0.717) is 13.0 Å². The molecule has 19 heavy (non-hydrogen) atoms. The number of carbonyl (C=O) groups is 1. The normalized spacial score (nSPS) is 14.9. The monoisotopic (exact) mass is 256 g/mol. The number of aromatic amines is 1. The Morgan fingerprint density at radius 3 is 2.79 bits per heavy atom. The SMILES string of the molecule is O=C1CCCN1c1ccc(NCc2cnc[nH]2)cc1. The molecule has 0 radical (unpaired) electrons. The Hall–Kier alpha value is -2.30. The maximum absolute atomic E-state index is 11.6. The van der Waals surface area contributed by atoms with Gasteiger partial charge in [-0.05, 0) is 30.7 Å². The van der Waals surface area contributed by atoms with Gasteiger partial charge in [0.2, 0.25) is 5.91 Å². The maximum atomic E-state index is 11.6. The van der Waals surface area contributed by atoms with E-state index in [0.717, 1.165) is 30.0 Å². The first-order chi connectivity index (χ1) is 9.33. The van der Waals surface area contributed by atoms with Crippen LogP contribution in [-0.4, -0.2) is 22.4 Å². The minimum absolute atomic E-state index is 0.221. The molecule has 0 spiro atoms. The van der Waals surface area contributed by atoms with Crippen molar-refractivity contribution in [1.29, 1.82) is 0 Å². The second-order valence-corrected chi connectivity index (χ2v) is 4.63. The van der Waals surface area contributed by atoms with Crippen LogP contribution in [0.25, 0.3) is 0 Å². The third-order valence-corrected chi connectivity index (χ3v) is 3.29. The van der Waals surface area contributed by atoms with E-state index in [9.17, 15) is 4.79 Å². The average molecular weight is 256 g/mol. The van der Waals surface area contributed by atoms with Gasteiger partial charge in [0.25, 0.3) is 0 Å². The van der Waals surface area contributed by atoms with Crippen molar-refractivity contribution in [3.63, 3.8) is 0 Å². The number of amides is 1. The summed E-state index contributed by atoms with van der Waals surface area (Å²) in [5.74, 6) is 0.221. The van der Waals surface area contributed by atoms with Crippen LogP contribution in [-0.2, 0) is 11.3 Å². The van der Waals surface area contributed by atoms with Gasteiger partial charge in [-0.3, -0.25) is 4.79 Å². The lowest BCUT2D eigenvalue weighted by Gasteiger charge is -2.16. The Morgan fingerprint density at radius 1 is 1.32 bits per heavy atom. The first-order valence-corrected chi connectivity index (χ1v) is 6.44. The molecule has 0 bridgehead atoms.